The third-order valence-electron chi connectivity index (χ3n) is 2.36. The molecule has 0 spiro atoms. The smallest absolute Gasteiger partial charge is 0.194 e. The number of hydrogen-bond donors (Lipinski definition) is 0. The Morgan fingerprint density at radius 1 is 1.62 bits per heavy atom. The van der Waals surface area contributed by atoms with Gasteiger partial charge in [-0.3, -0.25) is 4.79 Å². The van der Waals surface area contributed by atoms with Crippen LogP contribution in [-0.4, -0.2) is 25.8 Å². The fourth-order valence-electron chi connectivity index (χ4n) is 1.53. The minimum Gasteiger partial charge on any atom is -0.349 e. The summed E-state index contributed by atoms with van der Waals surface area (Å²) in [5.74, 6) is -0.843. The predicted octanol–water partition coefficient (Wildman–Crippen LogP) is 1.31. The zero-order valence-corrected chi connectivity index (χ0v) is 7.95. The van der Waals surface area contributed by atoms with Crippen molar-refractivity contribution in [2.45, 2.75) is 12.2 Å². The minimum absolute atomic E-state index is 0.0784. The maximum atomic E-state index is 11.1. The molecule has 0 saturated carbocycles. The number of methoxy groups -OCH3 is 2. The number of hydrogen-bond acceptors (Lipinski definition) is 3. The molecule has 0 heterocycles. The first kappa shape index (κ1) is 10.2. The lowest BCUT2D eigenvalue weighted by molar-refractivity contribution is -0.198. The fourth-order valence-corrected chi connectivity index (χ4v) is 1.53. The molecule has 0 saturated heterocycles. The summed E-state index contributed by atoms with van der Waals surface area (Å²) in [6, 6.07) is 0. The second-order valence-electron chi connectivity index (χ2n) is 2.98. The number of carbonyl (C=O) groups is 1. The molecule has 0 aliphatic heterocycles. The second kappa shape index (κ2) is 3.85. The lowest BCUT2D eigenvalue weighted by atomic mass is 9.87. The Kier molecular flexibility index (Phi) is 3.01. The molecule has 0 amide bonds. The van der Waals surface area contributed by atoms with E-state index in [1.807, 2.05) is 0 Å². The van der Waals surface area contributed by atoms with Crippen LogP contribution in [0.15, 0.2) is 24.8 Å². The van der Waals surface area contributed by atoms with Crippen LogP contribution in [0.1, 0.15) is 6.42 Å². The van der Waals surface area contributed by atoms with E-state index in [1.165, 1.54) is 6.08 Å². The van der Waals surface area contributed by atoms with Crippen molar-refractivity contribution in [3.8, 4) is 0 Å². The molecule has 1 aliphatic carbocycles. The van der Waals surface area contributed by atoms with E-state index >= 15 is 0 Å². The molecule has 3 nitrogen and oxygen atoms in total. The van der Waals surface area contributed by atoms with Crippen LogP contribution in [0.2, 0.25) is 0 Å². The lowest BCUT2D eigenvalue weighted by Gasteiger charge is -2.35. The summed E-state index contributed by atoms with van der Waals surface area (Å²) in [4.78, 5) is 11.1. The van der Waals surface area contributed by atoms with E-state index in [4.69, 9.17) is 9.47 Å². The van der Waals surface area contributed by atoms with Crippen LogP contribution in [0.25, 0.3) is 0 Å². The van der Waals surface area contributed by atoms with E-state index < -0.39 is 5.79 Å². The summed E-state index contributed by atoms with van der Waals surface area (Å²) < 4.78 is 10.5. The minimum atomic E-state index is -0.810. The van der Waals surface area contributed by atoms with E-state index in [0.717, 1.165) is 0 Å². The van der Waals surface area contributed by atoms with Gasteiger partial charge in [-0.2, -0.15) is 0 Å². The topological polar surface area (TPSA) is 35.5 Å². The highest BCUT2D eigenvalue weighted by Gasteiger charge is 2.38. The van der Waals surface area contributed by atoms with Crippen LogP contribution in [-0.2, 0) is 14.3 Å². The van der Waals surface area contributed by atoms with Crippen molar-refractivity contribution in [2.24, 2.45) is 5.92 Å². The van der Waals surface area contributed by atoms with Crippen LogP contribution < -0.4 is 0 Å². The monoisotopic (exact) mass is 182 g/mol. The van der Waals surface area contributed by atoms with Gasteiger partial charge >= 0.3 is 0 Å². The van der Waals surface area contributed by atoms with Crippen molar-refractivity contribution in [3.05, 3.63) is 24.8 Å². The highest BCUT2D eigenvalue weighted by molar-refractivity contribution is 5.91. The van der Waals surface area contributed by atoms with Crippen molar-refractivity contribution in [3.63, 3.8) is 0 Å². The van der Waals surface area contributed by atoms with E-state index in [2.05, 4.69) is 6.58 Å². The van der Waals surface area contributed by atoms with E-state index in [-0.39, 0.29) is 11.7 Å². The summed E-state index contributed by atoms with van der Waals surface area (Å²) >= 11 is 0. The standard InChI is InChI=1S/C10H14O3/c1-4-8-7-9(11)5-6-10(8,12-2)13-3/h4-6,8H,1,7H2,2-3H3. The highest BCUT2D eigenvalue weighted by Crippen LogP contribution is 2.31. The largest absolute Gasteiger partial charge is 0.349 e. The Morgan fingerprint density at radius 2 is 2.23 bits per heavy atom. The number of carbonyl (C=O) groups excluding carboxylic acids is 1. The lowest BCUT2D eigenvalue weighted by Crippen LogP contribution is -2.42. The Morgan fingerprint density at radius 3 is 2.69 bits per heavy atom. The molecule has 72 valence electrons. The molecule has 0 bridgehead atoms. The molecule has 0 aromatic rings. The molecule has 0 radical (unpaired) electrons. The highest BCUT2D eigenvalue weighted by atomic mass is 16.7. The summed E-state index contributed by atoms with van der Waals surface area (Å²) in [6.07, 6.45) is 5.22. The number of rotatable bonds is 3. The number of ether oxygens (including phenoxy) is 2. The van der Waals surface area contributed by atoms with Gasteiger partial charge in [0, 0.05) is 26.6 Å². The Bertz CT molecular complexity index is 239. The molecule has 3 heteroatoms. The molecule has 1 unspecified atom stereocenters. The van der Waals surface area contributed by atoms with Gasteiger partial charge in [0.15, 0.2) is 11.6 Å². The molecular weight excluding hydrogens is 168 g/mol. The first-order chi connectivity index (χ1) is 6.18. The van der Waals surface area contributed by atoms with Gasteiger partial charge in [0.05, 0.1) is 0 Å². The van der Waals surface area contributed by atoms with Gasteiger partial charge in [0.2, 0.25) is 0 Å². The predicted molar refractivity (Wildman–Crippen MR) is 49.2 cm³/mol. The zero-order valence-electron chi connectivity index (χ0n) is 7.95. The normalized spacial score (nSPS) is 26.0. The van der Waals surface area contributed by atoms with Gasteiger partial charge in [-0.15, -0.1) is 6.58 Å². The van der Waals surface area contributed by atoms with Gasteiger partial charge in [0.1, 0.15) is 0 Å². The SMILES string of the molecule is C=CC1CC(=O)C=CC1(OC)OC. The second-order valence-corrected chi connectivity index (χ2v) is 2.98. The average molecular weight is 182 g/mol. The summed E-state index contributed by atoms with van der Waals surface area (Å²) in [6.45, 7) is 3.66. The van der Waals surface area contributed by atoms with Crippen LogP contribution in [0.5, 0.6) is 0 Å². The molecule has 1 atom stereocenters. The van der Waals surface area contributed by atoms with Gasteiger partial charge < -0.3 is 9.47 Å². The quantitative estimate of drug-likeness (QED) is 0.487. The van der Waals surface area contributed by atoms with E-state index in [1.54, 1.807) is 26.4 Å². The van der Waals surface area contributed by atoms with Crippen molar-refractivity contribution in [1.82, 2.24) is 0 Å². The molecule has 0 aromatic heterocycles. The van der Waals surface area contributed by atoms with Crippen LogP contribution >= 0.6 is 0 Å². The molecule has 1 rings (SSSR count). The summed E-state index contributed by atoms with van der Waals surface area (Å²) in [5.41, 5.74) is 0. The molecule has 13 heavy (non-hydrogen) atoms. The molecule has 0 aromatic carbocycles. The summed E-state index contributed by atoms with van der Waals surface area (Å²) in [5, 5.41) is 0. The van der Waals surface area contributed by atoms with Gasteiger partial charge in [-0.25, -0.2) is 0 Å². The van der Waals surface area contributed by atoms with E-state index in [9.17, 15) is 4.79 Å². The molecule has 0 N–H and O–H groups in total. The first-order valence-electron chi connectivity index (χ1n) is 4.13. The van der Waals surface area contributed by atoms with Gasteiger partial charge in [-0.1, -0.05) is 6.08 Å². The number of allylic oxidation sites excluding steroid dienone is 1. The fraction of sp³-hybridized carbons (Fsp3) is 0.500. The summed E-state index contributed by atoms with van der Waals surface area (Å²) in [7, 11) is 3.11. The maximum absolute atomic E-state index is 11.1. The average Bonchev–Trinajstić information content (AvgIpc) is 2.18. The third-order valence-corrected chi connectivity index (χ3v) is 2.36. The van der Waals surface area contributed by atoms with Crippen molar-refractivity contribution in [1.29, 1.82) is 0 Å². The van der Waals surface area contributed by atoms with Gasteiger partial charge in [-0.05, 0) is 12.2 Å². The Labute approximate surface area is 78.0 Å². The molecule has 1 aliphatic rings. The molecule has 0 fully saturated rings. The Balaban J connectivity index is 2.98. The maximum Gasteiger partial charge on any atom is 0.194 e. The first-order valence-corrected chi connectivity index (χ1v) is 4.13. The van der Waals surface area contributed by atoms with Crippen LogP contribution in [0, 0.1) is 5.92 Å². The van der Waals surface area contributed by atoms with Crippen LogP contribution in [0.3, 0.4) is 0 Å². The zero-order chi connectivity index (χ0) is 9.90. The molecular formula is C10H14O3. The van der Waals surface area contributed by atoms with Gasteiger partial charge in [0.25, 0.3) is 0 Å². The number of ketones is 1. The van der Waals surface area contributed by atoms with Crippen molar-refractivity contribution < 1.29 is 14.3 Å². The van der Waals surface area contributed by atoms with E-state index in [0.29, 0.717) is 6.42 Å². The third kappa shape index (κ3) is 1.71. The Hall–Kier alpha value is -0.930. The van der Waals surface area contributed by atoms with Crippen LogP contribution in [0.4, 0.5) is 0 Å². The van der Waals surface area contributed by atoms with Crippen molar-refractivity contribution in [2.75, 3.05) is 14.2 Å². The van der Waals surface area contributed by atoms with Crippen molar-refractivity contribution >= 4 is 5.78 Å².